The lowest BCUT2D eigenvalue weighted by atomic mass is 10.2. The molecule has 0 spiro atoms. The Bertz CT molecular complexity index is 1170. The van der Waals surface area contributed by atoms with E-state index in [1.54, 1.807) is 48.5 Å². The molecule has 9 heteroatoms. The molecular formula is C17H12N8O. The highest BCUT2D eigenvalue weighted by molar-refractivity contribution is 6.05. The Morgan fingerprint density at radius 2 is 2.12 bits per heavy atom. The van der Waals surface area contributed by atoms with Crippen LogP contribution in [-0.2, 0) is 7.05 Å². The van der Waals surface area contributed by atoms with Crippen LogP contribution in [-0.4, -0.2) is 35.4 Å². The summed E-state index contributed by atoms with van der Waals surface area (Å²) in [6.45, 7) is 0. The maximum atomic E-state index is 12.5. The Morgan fingerprint density at radius 3 is 2.96 bits per heavy atom. The molecule has 0 saturated heterocycles. The first-order chi connectivity index (χ1) is 12.7. The molecule has 4 rings (SSSR count). The van der Waals surface area contributed by atoms with Crippen molar-refractivity contribution in [2.45, 2.75) is 0 Å². The van der Waals surface area contributed by atoms with Crippen molar-refractivity contribution < 1.29 is 4.79 Å². The van der Waals surface area contributed by atoms with E-state index in [1.807, 2.05) is 0 Å². The lowest BCUT2D eigenvalue weighted by molar-refractivity contribution is 0.102. The molecule has 1 amide bonds. The summed E-state index contributed by atoms with van der Waals surface area (Å²) in [6.07, 6.45) is 7.81. The fourth-order valence-electron chi connectivity index (χ4n) is 2.54. The van der Waals surface area contributed by atoms with Crippen LogP contribution in [0.5, 0.6) is 0 Å². The van der Waals surface area contributed by atoms with Gasteiger partial charge in [0.1, 0.15) is 6.07 Å². The molecule has 0 radical (unpaired) electrons. The topological polar surface area (TPSA) is 114 Å². The summed E-state index contributed by atoms with van der Waals surface area (Å²) >= 11 is 0. The van der Waals surface area contributed by atoms with Crippen LogP contribution in [0.25, 0.3) is 16.9 Å². The molecule has 9 nitrogen and oxygen atoms in total. The minimum absolute atomic E-state index is 0.315. The lowest BCUT2D eigenvalue weighted by Gasteiger charge is -2.03. The van der Waals surface area contributed by atoms with Gasteiger partial charge in [0.2, 0.25) is 0 Å². The van der Waals surface area contributed by atoms with Gasteiger partial charge in [-0.2, -0.15) is 15.5 Å². The third kappa shape index (κ3) is 2.65. The van der Waals surface area contributed by atoms with Gasteiger partial charge in [0, 0.05) is 24.8 Å². The second-order valence-corrected chi connectivity index (χ2v) is 5.52. The molecule has 0 saturated carbocycles. The molecular weight excluding hydrogens is 332 g/mol. The van der Waals surface area contributed by atoms with Crippen molar-refractivity contribution in [2.24, 2.45) is 7.05 Å². The number of rotatable bonds is 3. The minimum atomic E-state index is -0.315. The molecule has 0 atom stereocenters. The Morgan fingerprint density at radius 1 is 1.23 bits per heavy atom. The summed E-state index contributed by atoms with van der Waals surface area (Å²) in [7, 11) is 1.79. The van der Waals surface area contributed by atoms with E-state index in [4.69, 9.17) is 5.26 Å². The number of carbonyl (C=O) groups is 1. The molecule has 4 aromatic heterocycles. The maximum Gasteiger partial charge on any atom is 0.257 e. The molecule has 0 unspecified atom stereocenters. The standard InChI is InChI=1S/C17H12N8O/c1-24-15-12(8-21-24)5-13(7-20-15)17(26)23-14-9-22-25(10-14)16-11(6-18)3-2-4-19-16/h2-5,7-10H,1H3,(H,23,26). The minimum Gasteiger partial charge on any atom is -0.319 e. The van der Waals surface area contributed by atoms with Gasteiger partial charge < -0.3 is 5.32 Å². The van der Waals surface area contributed by atoms with E-state index < -0.39 is 0 Å². The lowest BCUT2D eigenvalue weighted by Crippen LogP contribution is -2.12. The summed E-state index contributed by atoms with van der Waals surface area (Å²) in [4.78, 5) is 20.9. The van der Waals surface area contributed by atoms with E-state index in [2.05, 4.69) is 31.6 Å². The normalized spacial score (nSPS) is 10.6. The number of pyridine rings is 2. The number of aryl methyl sites for hydroxylation is 1. The number of hydrogen-bond acceptors (Lipinski definition) is 6. The highest BCUT2D eigenvalue weighted by Crippen LogP contribution is 2.16. The van der Waals surface area contributed by atoms with Crippen molar-refractivity contribution in [3.63, 3.8) is 0 Å². The number of aromatic nitrogens is 6. The number of nitrogens with one attached hydrogen (secondary N) is 1. The smallest absolute Gasteiger partial charge is 0.257 e. The van der Waals surface area contributed by atoms with E-state index in [9.17, 15) is 4.79 Å². The van der Waals surface area contributed by atoms with Crippen LogP contribution in [0, 0.1) is 11.3 Å². The predicted octanol–water partition coefficient (Wildman–Crippen LogP) is 1.67. The summed E-state index contributed by atoms with van der Waals surface area (Å²) in [5.41, 5.74) is 1.98. The van der Waals surface area contributed by atoms with Gasteiger partial charge in [0.25, 0.3) is 5.91 Å². The van der Waals surface area contributed by atoms with Crippen molar-refractivity contribution in [1.29, 1.82) is 5.26 Å². The van der Waals surface area contributed by atoms with Crippen LogP contribution >= 0.6 is 0 Å². The van der Waals surface area contributed by atoms with Crippen molar-refractivity contribution in [3.8, 4) is 11.9 Å². The van der Waals surface area contributed by atoms with Gasteiger partial charge in [-0.1, -0.05) is 0 Å². The first-order valence-corrected chi connectivity index (χ1v) is 7.65. The Labute approximate surface area is 147 Å². The SMILES string of the molecule is Cn1ncc2cc(C(=O)Nc3cnn(-c4ncccc4C#N)c3)cnc21. The Kier molecular flexibility index (Phi) is 3.63. The average Bonchev–Trinajstić information content (AvgIpc) is 3.28. The molecule has 0 aliphatic heterocycles. The molecule has 0 aromatic carbocycles. The number of nitriles is 1. The average molecular weight is 344 g/mol. The van der Waals surface area contributed by atoms with Crippen LogP contribution in [0.4, 0.5) is 5.69 Å². The third-order valence-corrected chi connectivity index (χ3v) is 3.80. The molecule has 0 bridgehead atoms. The van der Waals surface area contributed by atoms with Gasteiger partial charge >= 0.3 is 0 Å². The number of anilines is 1. The first-order valence-electron chi connectivity index (χ1n) is 7.65. The monoisotopic (exact) mass is 344 g/mol. The zero-order valence-electron chi connectivity index (χ0n) is 13.7. The van der Waals surface area contributed by atoms with E-state index in [1.165, 1.54) is 17.1 Å². The van der Waals surface area contributed by atoms with Gasteiger partial charge in [0.05, 0.1) is 35.4 Å². The third-order valence-electron chi connectivity index (χ3n) is 3.80. The van der Waals surface area contributed by atoms with Gasteiger partial charge in [-0.15, -0.1) is 0 Å². The molecule has 26 heavy (non-hydrogen) atoms. The van der Waals surface area contributed by atoms with Gasteiger partial charge in [-0.05, 0) is 18.2 Å². The molecule has 0 aliphatic carbocycles. The Balaban J connectivity index is 1.58. The van der Waals surface area contributed by atoms with Crippen LogP contribution in [0.15, 0.2) is 49.2 Å². The number of hydrogen-bond donors (Lipinski definition) is 1. The van der Waals surface area contributed by atoms with E-state index in [-0.39, 0.29) is 5.91 Å². The summed E-state index contributed by atoms with van der Waals surface area (Å²) < 4.78 is 3.08. The van der Waals surface area contributed by atoms with Gasteiger partial charge in [0.15, 0.2) is 11.5 Å². The van der Waals surface area contributed by atoms with Crippen molar-refractivity contribution in [2.75, 3.05) is 5.32 Å². The number of carbonyl (C=O) groups excluding carboxylic acids is 1. The number of nitrogens with zero attached hydrogens (tertiary/aromatic N) is 7. The van der Waals surface area contributed by atoms with Gasteiger partial charge in [-0.25, -0.2) is 14.6 Å². The molecule has 0 fully saturated rings. The largest absolute Gasteiger partial charge is 0.319 e. The molecule has 0 aliphatic rings. The van der Waals surface area contributed by atoms with Crippen molar-refractivity contribution in [1.82, 2.24) is 29.5 Å². The second-order valence-electron chi connectivity index (χ2n) is 5.52. The molecule has 1 N–H and O–H groups in total. The van der Waals surface area contributed by atoms with Crippen LogP contribution in [0.2, 0.25) is 0 Å². The van der Waals surface area contributed by atoms with Crippen LogP contribution < -0.4 is 5.32 Å². The van der Waals surface area contributed by atoms with E-state index >= 15 is 0 Å². The van der Waals surface area contributed by atoms with E-state index in [0.717, 1.165) is 5.39 Å². The van der Waals surface area contributed by atoms with Crippen LogP contribution in [0.1, 0.15) is 15.9 Å². The zero-order chi connectivity index (χ0) is 18.1. The highest BCUT2D eigenvalue weighted by Gasteiger charge is 2.12. The number of fused-ring (bicyclic) bond motifs is 1. The van der Waals surface area contributed by atoms with E-state index in [0.29, 0.717) is 28.3 Å². The van der Waals surface area contributed by atoms with Crippen LogP contribution in [0.3, 0.4) is 0 Å². The maximum absolute atomic E-state index is 12.5. The molecule has 4 heterocycles. The summed E-state index contributed by atoms with van der Waals surface area (Å²) in [6, 6.07) is 7.11. The van der Waals surface area contributed by atoms with Gasteiger partial charge in [-0.3, -0.25) is 9.48 Å². The first kappa shape index (κ1) is 15.5. The second kappa shape index (κ2) is 6.10. The fraction of sp³-hybridized carbons (Fsp3) is 0.0588. The van der Waals surface area contributed by atoms with Crippen molar-refractivity contribution in [3.05, 3.63) is 60.3 Å². The fourth-order valence-corrected chi connectivity index (χ4v) is 2.54. The molecule has 126 valence electrons. The summed E-state index contributed by atoms with van der Waals surface area (Å²) in [5, 5.41) is 21.0. The Hall–Kier alpha value is -4.06. The predicted molar refractivity (Wildman–Crippen MR) is 92.5 cm³/mol. The highest BCUT2D eigenvalue weighted by atomic mass is 16.1. The quantitative estimate of drug-likeness (QED) is 0.604. The van der Waals surface area contributed by atoms with Crippen molar-refractivity contribution >= 4 is 22.6 Å². The number of amides is 1. The zero-order valence-corrected chi connectivity index (χ0v) is 13.7. The summed E-state index contributed by atoms with van der Waals surface area (Å²) in [5.74, 6) is 0.0817. The molecule has 4 aromatic rings.